The maximum atomic E-state index is 6.02. The summed E-state index contributed by atoms with van der Waals surface area (Å²) in [6.07, 6.45) is 2.43. The molecule has 1 heterocycles. The fourth-order valence-corrected chi connectivity index (χ4v) is 1.42. The average Bonchev–Trinajstić information content (AvgIpc) is 2.31. The highest BCUT2D eigenvalue weighted by Gasteiger charge is 2.16. The molecule has 0 bridgehead atoms. The average molecular weight is 259 g/mol. The van der Waals surface area contributed by atoms with Crippen LogP contribution < -0.4 is 10.5 Å². The zero-order valence-electron chi connectivity index (χ0n) is 10.5. The molecule has 1 aromatic rings. The van der Waals surface area contributed by atoms with E-state index in [0.717, 1.165) is 12.0 Å². The zero-order chi connectivity index (χ0) is 12.9. The van der Waals surface area contributed by atoms with Crippen LogP contribution in [0, 0.1) is 0 Å². The topological polar surface area (TPSA) is 57.4 Å². The van der Waals surface area contributed by atoms with Crippen molar-refractivity contribution in [3.8, 4) is 5.88 Å². The molecule has 0 aliphatic rings. The van der Waals surface area contributed by atoms with Crippen molar-refractivity contribution in [1.82, 2.24) is 4.98 Å². The van der Waals surface area contributed by atoms with Crippen LogP contribution in [-0.2, 0) is 11.3 Å². The maximum absolute atomic E-state index is 6.02. The summed E-state index contributed by atoms with van der Waals surface area (Å²) in [4.78, 5) is 4.12. The Hall–Kier alpha value is -0.840. The molecule has 2 N–H and O–H groups in total. The van der Waals surface area contributed by atoms with Gasteiger partial charge in [-0.2, -0.15) is 0 Å². The zero-order valence-corrected chi connectivity index (χ0v) is 11.3. The molecule has 0 aromatic carbocycles. The molecule has 5 heteroatoms. The summed E-state index contributed by atoms with van der Waals surface area (Å²) in [5.74, 6) is 0.441. The summed E-state index contributed by atoms with van der Waals surface area (Å²) in [5, 5.41) is 0.489. The van der Waals surface area contributed by atoms with Gasteiger partial charge in [-0.15, -0.1) is 0 Å². The second-order valence-electron chi connectivity index (χ2n) is 4.40. The quantitative estimate of drug-likeness (QED) is 0.851. The molecule has 0 radical (unpaired) electrons. The first-order valence-corrected chi connectivity index (χ1v) is 5.89. The van der Waals surface area contributed by atoms with Crippen LogP contribution in [0.1, 0.15) is 25.8 Å². The minimum Gasteiger partial charge on any atom is -0.476 e. The second kappa shape index (κ2) is 6.19. The molecule has 17 heavy (non-hydrogen) atoms. The van der Waals surface area contributed by atoms with Crippen molar-refractivity contribution in [2.24, 2.45) is 5.73 Å². The predicted molar refractivity (Wildman–Crippen MR) is 68.3 cm³/mol. The predicted octanol–water partition coefficient (Wildman–Crippen LogP) is 2.39. The summed E-state index contributed by atoms with van der Waals surface area (Å²) in [5.41, 5.74) is 6.17. The van der Waals surface area contributed by atoms with E-state index in [2.05, 4.69) is 4.98 Å². The first-order chi connectivity index (χ1) is 7.98. The fraction of sp³-hybridized carbons (Fsp3) is 0.583. The van der Waals surface area contributed by atoms with Crippen LogP contribution in [0.4, 0.5) is 0 Å². The number of methoxy groups -OCH3 is 1. The van der Waals surface area contributed by atoms with Gasteiger partial charge in [-0.05, 0) is 25.5 Å². The molecule has 1 aromatic heterocycles. The van der Waals surface area contributed by atoms with E-state index in [4.69, 9.17) is 26.8 Å². The SMILES string of the molecule is COC(C)(C)CCOc1ncc(CN)cc1Cl. The van der Waals surface area contributed by atoms with E-state index in [1.54, 1.807) is 19.4 Å². The lowest BCUT2D eigenvalue weighted by atomic mass is 10.1. The number of nitrogens with two attached hydrogens (primary N) is 1. The third-order valence-electron chi connectivity index (χ3n) is 2.60. The van der Waals surface area contributed by atoms with E-state index in [1.165, 1.54) is 0 Å². The Kier molecular flexibility index (Phi) is 5.18. The van der Waals surface area contributed by atoms with Gasteiger partial charge >= 0.3 is 0 Å². The number of rotatable bonds is 6. The highest BCUT2D eigenvalue weighted by Crippen LogP contribution is 2.23. The highest BCUT2D eigenvalue weighted by molar-refractivity contribution is 6.31. The Balaban J connectivity index is 2.52. The van der Waals surface area contributed by atoms with Gasteiger partial charge in [0.2, 0.25) is 5.88 Å². The number of nitrogens with zero attached hydrogens (tertiary/aromatic N) is 1. The number of hydrogen-bond acceptors (Lipinski definition) is 4. The van der Waals surface area contributed by atoms with E-state index in [-0.39, 0.29) is 5.60 Å². The Morgan fingerprint density at radius 1 is 1.47 bits per heavy atom. The summed E-state index contributed by atoms with van der Waals surface area (Å²) < 4.78 is 10.8. The highest BCUT2D eigenvalue weighted by atomic mass is 35.5. The van der Waals surface area contributed by atoms with E-state index in [1.807, 2.05) is 13.8 Å². The Morgan fingerprint density at radius 3 is 2.71 bits per heavy atom. The van der Waals surface area contributed by atoms with E-state index < -0.39 is 0 Å². The minimum absolute atomic E-state index is 0.205. The summed E-state index contributed by atoms with van der Waals surface area (Å²) in [7, 11) is 1.68. The van der Waals surface area contributed by atoms with Crippen molar-refractivity contribution in [3.63, 3.8) is 0 Å². The number of halogens is 1. The molecule has 0 fully saturated rings. The van der Waals surface area contributed by atoms with Crippen molar-refractivity contribution in [2.45, 2.75) is 32.4 Å². The lowest BCUT2D eigenvalue weighted by Crippen LogP contribution is -2.25. The summed E-state index contributed by atoms with van der Waals surface area (Å²) in [6, 6.07) is 1.77. The number of pyridine rings is 1. The van der Waals surface area contributed by atoms with E-state index >= 15 is 0 Å². The minimum atomic E-state index is -0.205. The van der Waals surface area contributed by atoms with Crippen molar-refractivity contribution in [2.75, 3.05) is 13.7 Å². The van der Waals surface area contributed by atoms with Crippen molar-refractivity contribution < 1.29 is 9.47 Å². The molecule has 0 amide bonds. The molecular weight excluding hydrogens is 240 g/mol. The Bertz CT molecular complexity index is 370. The van der Waals surface area contributed by atoms with Gasteiger partial charge < -0.3 is 15.2 Å². The van der Waals surface area contributed by atoms with Crippen LogP contribution in [0.2, 0.25) is 5.02 Å². The maximum Gasteiger partial charge on any atom is 0.232 e. The van der Waals surface area contributed by atoms with Gasteiger partial charge in [-0.3, -0.25) is 0 Å². The van der Waals surface area contributed by atoms with Crippen molar-refractivity contribution in [3.05, 3.63) is 22.8 Å². The van der Waals surface area contributed by atoms with Gasteiger partial charge in [-0.1, -0.05) is 11.6 Å². The number of hydrogen-bond donors (Lipinski definition) is 1. The van der Waals surface area contributed by atoms with Gasteiger partial charge in [0.1, 0.15) is 5.02 Å². The van der Waals surface area contributed by atoms with Crippen LogP contribution in [0.5, 0.6) is 5.88 Å². The molecule has 0 saturated heterocycles. The van der Waals surface area contributed by atoms with Crippen LogP contribution in [-0.4, -0.2) is 24.3 Å². The molecule has 96 valence electrons. The third kappa shape index (κ3) is 4.50. The van der Waals surface area contributed by atoms with Gasteiger partial charge in [0.25, 0.3) is 0 Å². The second-order valence-corrected chi connectivity index (χ2v) is 4.80. The lowest BCUT2D eigenvalue weighted by molar-refractivity contribution is 0.00509. The molecule has 0 unspecified atom stereocenters. The van der Waals surface area contributed by atoms with E-state index in [9.17, 15) is 0 Å². The monoisotopic (exact) mass is 258 g/mol. The van der Waals surface area contributed by atoms with Gasteiger partial charge in [0.15, 0.2) is 0 Å². The molecule has 0 aliphatic carbocycles. The van der Waals surface area contributed by atoms with Crippen LogP contribution in [0.3, 0.4) is 0 Å². The third-order valence-corrected chi connectivity index (χ3v) is 2.87. The molecule has 0 atom stereocenters. The standard InChI is InChI=1S/C12H19ClN2O2/c1-12(2,16-3)4-5-17-11-10(13)6-9(7-14)8-15-11/h6,8H,4-5,7,14H2,1-3H3. The van der Waals surface area contributed by atoms with Gasteiger partial charge in [0, 0.05) is 26.3 Å². The molecule has 4 nitrogen and oxygen atoms in total. The Morgan fingerprint density at radius 2 is 2.18 bits per heavy atom. The van der Waals surface area contributed by atoms with Crippen molar-refractivity contribution >= 4 is 11.6 Å². The first-order valence-electron chi connectivity index (χ1n) is 5.51. The smallest absolute Gasteiger partial charge is 0.232 e. The molecule has 0 spiro atoms. The summed E-state index contributed by atoms with van der Waals surface area (Å²) >= 11 is 6.02. The van der Waals surface area contributed by atoms with Gasteiger partial charge in [0.05, 0.1) is 12.2 Å². The molecule has 0 aliphatic heterocycles. The van der Waals surface area contributed by atoms with Crippen LogP contribution in [0.25, 0.3) is 0 Å². The van der Waals surface area contributed by atoms with Crippen LogP contribution in [0.15, 0.2) is 12.3 Å². The largest absolute Gasteiger partial charge is 0.476 e. The number of aromatic nitrogens is 1. The molecule has 0 saturated carbocycles. The normalized spacial score (nSPS) is 11.6. The Labute approximate surface area is 107 Å². The fourth-order valence-electron chi connectivity index (χ4n) is 1.18. The summed E-state index contributed by atoms with van der Waals surface area (Å²) in [6.45, 7) is 4.94. The molecule has 1 rings (SSSR count). The molecular formula is C12H19ClN2O2. The first kappa shape index (κ1) is 14.2. The van der Waals surface area contributed by atoms with Crippen molar-refractivity contribution in [1.29, 1.82) is 0 Å². The number of ether oxygens (including phenoxy) is 2. The van der Waals surface area contributed by atoms with E-state index in [0.29, 0.717) is 24.1 Å². The van der Waals surface area contributed by atoms with Gasteiger partial charge in [-0.25, -0.2) is 4.98 Å². The lowest BCUT2D eigenvalue weighted by Gasteiger charge is -2.22. The van der Waals surface area contributed by atoms with Crippen LogP contribution >= 0.6 is 11.6 Å².